The van der Waals surface area contributed by atoms with Gasteiger partial charge >= 0.3 is 0 Å². The molecule has 1 aromatic carbocycles. The summed E-state index contributed by atoms with van der Waals surface area (Å²) >= 11 is 0. The van der Waals surface area contributed by atoms with Crippen LogP contribution in [0.4, 0.5) is 5.69 Å². The molecule has 29 heavy (non-hydrogen) atoms. The second-order valence-electron chi connectivity index (χ2n) is 7.57. The second-order valence-corrected chi connectivity index (χ2v) is 7.57. The first-order valence-electron chi connectivity index (χ1n) is 8.98. The number of aromatic nitrogens is 3. The number of anilines is 1. The molecule has 151 valence electrons. The molecule has 10 heteroatoms. The summed E-state index contributed by atoms with van der Waals surface area (Å²) in [5, 5.41) is 17.5. The first kappa shape index (κ1) is 23.2. The van der Waals surface area contributed by atoms with Gasteiger partial charge in [0.1, 0.15) is 5.69 Å². The Bertz CT molecular complexity index is 888. The van der Waals surface area contributed by atoms with E-state index in [4.69, 9.17) is 0 Å². The van der Waals surface area contributed by atoms with Crippen LogP contribution in [0.3, 0.4) is 0 Å². The van der Waals surface area contributed by atoms with Crippen LogP contribution in [0.1, 0.15) is 49.7 Å². The number of nitrogens with zero attached hydrogens (tertiary/aromatic N) is 4. The summed E-state index contributed by atoms with van der Waals surface area (Å²) in [6, 6.07) is 7.00. The molecule has 2 aromatic rings. The Morgan fingerprint density at radius 2 is 2.14 bits per heavy atom. The molecule has 3 amide bonds. The third-order valence-corrected chi connectivity index (χ3v) is 4.23. The fourth-order valence-corrected chi connectivity index (χ4v) is 2.58. The Balaban J connectivity index is 0.00000300. The normalized spacial score (nSPS) is 16.6. The quantitative estimate of drug-likeness (QED) is 0.507. The zero-order valence-electron chi connectivity index (χ0n) is 16.6. The molecule has 1 aromatic heterocycles. The molecular weight excluding hydrogens is 449 g/mol. The van der Waals surface area contributed by atoms with E-state index in [9.17, 15) is 14.4 Å². The molecule has 1 saturated heterocycles. The number of hydrogen-bond donors (Lipinski definition) is 2. The smallest absolute Gasteiger partial charge is 0.226 e. The van der Waals surface area contributed by atoms with Crippen molar-refractivity contribution < 1.29 is 47.1 Å². The van der Waals surface area contributed by atoms with Gasteiger partial charge in [-0.2, -0.15) is 0 Å². The van der Waals surface area contributed by atoms with Crippen LogP contribution >= 0.6 is 0 Å². The van der Waals surface area contributed by atoms with Crippen molar-refractivity contribution in [2.75, 3.05) is 5.32 Å². The van der Waals surface area contributed by atoms with E-state index in [2.05, 4.69) is 32.3 Å². The van der Waals surface area contributed by atoms with Crippen LogP contribution in [0.25, 0.3) is 5.32 Å². The van der Waals surface area contributed by atoms with E-state index in [1.165, 1.54) is 0 Å². The van der Waals surface area contributed by atoms with Crippen molar-refractivity contribution in [3.05, 3.63) is 47.0 Å². The third-order valence-electron chi connectivity index (χ3n) is 4.23. The number of imide groups is 1. The van der Waals surface area contributed by atoms with Gasteiger partial charge < -0.3 is 15.4 Å². The van der Waals surface area contributed by atoms with E-state index in [1.807, 2.05) is 27.0 Å². The molecule has 3 rings (SSSR count). The first-order chi connectivity index (χ1) is 13.2. The average Bonchev–Trinajstić information content (AvgIpc) is 3.12. The molecule has 0 saturated carbocycles. The monoisotopic (exact) mass is 471 g/mol. The maximum absolute atomic E-state index is 12.2. The topological polar surface area (TPSA) is 120 Å². The van der Waals surface area contributed by atoms with E-state index >= 15 is 0 Å². The molecule has 2 N–H and O–H groups in total. The molecule has 9 nitrogen and oxygen atoms in total. The van der Waals surface area contributed by atoms with Gasteiger partial charge in [0.05, 0.1) is 18.3 Å². The number of carbonyl (C=O) groups is 3. The number of piperidine rings is 1. The SMILES string of the molecule is CC(C)(C)n1cc(CNc2c[c-]c(C(=O)[N-]C3CCC(=O)NC3=O)cc2)nn1.[Y]. The van der Waals surface area contributed by atoms with Crippen molar-refractivity contribution in [1.82, 2.24) is 20.3 Å². The Morgan fingerprint density at radius 3 is 2.72 bits per heavy atom. The third kappa shape index (κ3) is 6.17. The first-order valence-corrected chi connectivity index (χ1v) is 8.98. The minimum absolute atomic E-state index is 0. The van der Waals surface area contributed by atoms with Crippen LogP contribution in [0.2, 0.25) is 0 Å². The van der Waals surface area contributed by atoms with Gasteiger partial charge in [-0.1, -0.05) is 5.21 Å². The number of rotatable bonds is 5. The summed E-state index contributed by atoms with van der Waals surface area (Å²) < 4.78 is 1.80. The number of nitrogens with one attached hydrogen (secondary N) is 2. The summed E-state index contributed by atoms with van der Waals surface area (Å²) in [5.41, 5.74) is 1.69. The molecule has 1 aliphatic heterocycles. The number of carbonyl (C=O) groups excluding carboxylic acids is 3. The minimum Gasteiger partial charge on any atom is -0.684 e. The molecule has 0 aliphatic carbocycles. The van der Waals surface area contributed by atoms with Crippen LogP contribution in [-0.4, -0.2) is 38.8 Å². The number of benzene rings is 1. The maximum atomic E-state index is 12.2. The molecule has 0 spiro atoms. The summed E-state index contributed by atoms with van der Waals surface area (Å²) in [7, 11) is 0. The molecule has 2 heterocycles. The van der Waals surface area contributed by atoms with Crippen molar-refractivity contribution in [1.29, 1.82) is 0 Å². The number of hydrogen-bond acceptors (Lipinski definition) is 6. The minimum atomic E-state index is -0.832. The van der Waals surface area contributed by atoms with E-state index in [0.29, 0.717) is 6.54 Å². The zero-order chi connectivity index (χ0) is 20.3. The van der Waals surface area contributed by atoms with Gasteiger partial charge in [0, 0.05) is 39.1 Å². The van der Waals surface area contributed by atoms with Crippen molar-refractivity contribution in [2.24, 2.45) is 0 Å². The van der Waals surface area contributed by atoms with Gasteiger partial charge in [0.15, 0.2) is 0 Å². The fourth-order valence-electron chi connectivity index (χ4n) is 2.58. The predicted octanol–water partition coefficient (Wildman–Crippen LogP) is 1.76. The van der Waals surface area contributed by atoms with Gasteiger partial charge in [0.2, 0.25) is 11.8 Å². The van der Waals surface area contributed by atoms with E-state index < -0.39 is 17.9 Å². The van der Waals surface area contributed by atoms with Crippen molar-refractivity contribution in [3.63, 3.8) is 0 Å². The van der Waals surface area contributed by atoms with Crippen molar-refractivity contribution in [2.45, 2.75) is 51.7 Å². The molecule has 1 atom stereocenters. The molecule has 0 bridgehead atoms. The van der Waals surface area contributed by atoms with Gasteiger partial charge in [-0.3, -0.25) is 14.9 Å². The zero-order valence-corrected chi connectivity index (χ0v) is 19.4. The summed E-state index contributed by atoms with van der Waals surface area (Å²) in [6.07, 6.45) is 2.30. The molecule has 1 fully saturated rings. The van der Waals surface area contributed by atoms with Gasteiger partial charge in [0.25, 0.3) is 0 Å². The van der Waals surface area contributed by atoms with Crippen LogP contribution in [-0.2, 0) is 54.4 Å². The summed E-state index contributed by atoms with van der Waals surface area (Å²) in [6.45, 7) is 6.62. The van der Waals surface area contributed by atoms with Gasteiger partial charge in [-0.15, -0.1) is 34.9 Å². The Kier molecular flexibility index (Phi) is 7.65. The van der Waals surface area contributed by atoms with Crippen molar-refractivity contribution in [3.8, 4) is 0 Å². The molecule has 1 unspecified atom stereocenters. The van der Waals surface area contributed by atoms with E-state index in [0.717, 1.165) is 11.4 Å². The van der Waals surface area contributed by atoms with Crippen LogP contribution in [0, 0.1) is 6.07 Å². The van der Waals surface area contributed by atoms with Gasteiger partial charge in [-0.25, -0.2) is 4.68 Å². The summed E-state index contributed by atoms with van der Waals surface area (Å²) in [5.74, 6) is -1.41. The largest absolute Gasteiger partial charge is 0.684 e. The Morgan fingerprint density at radius 1 is 1.38 bits per heavy atom. The van der Waals surface area contributed by atoms with Crippen LogP contribution in [0.5, 0.6) is 0 Å². The second kappa shape index (κ2) is 9.58. The average molecular weight is 471 g/mol. The van der Waals surface area contributed by atoms with Crippen molar-refractivity contribution >= 4 is 23.4 Å². The Labute approximate surface area is 194 Å². The molecule has 1 radical (unpaired) electrons. The molecule has 1 aliphatic rings. The van der Waals surface area contributed by atoms with Gasteiger partial charge in [-0.05, 0) is 44.8 Å². The predicted molar refractivity (Wildman–Crippen MR) is 101 cm³/mol. The van der Waals surface area contributed by atoms with E-state index in [1.54, 1.807) is 22.9 Å². The Hall–Kier alpha value is -2.13. The van der Waals surface area contributed by atoms with E-state index in [-0.39, 0.29) is 62.6 Å². The van der Waals surface area contributed by atoms with Crippen LogP contribution in [0.15, 0.2) is 24.4 Å². The molecular formula is C19H22N6O3Y-2. The fraction of sp³-hybridized carbons (Fsp3) is 0.421. The maximum Gasteiger partial charge on any atom is 0.226 e. The number of amides is 3. The summed E-state index contributed by atoms with van der Waals surface area (Å²) in [4.78, 5) is 35.1. The standard InChI is InChI=1S/C19H23N6O3.Y/c1-19(2,3)25-11-14(23-24-25)10-20-13-6-4-12(5-7-13)17(27)21-15-8-9-16(26)22-18(15)28;/h4,6-7,11,15H,8-10H2,1-3H3,(H3,20,21,22,26,27,28);/q-1;/p-1. The van der Waals surface area contributed by atoms with Crippen LogP contribution < -0.4 is 10.6 Å².